The summed E-state index contributed by atoms with van der Waals surface area (Å²) in [4.78, 5) is 28.6. The van der Waals surface area contributed by atoms with Crippen LogP contribution in [-0.4, -0.2) is 66.0 Å². The Bertz CT molecular complexity index is 376. The molecule has 1 N–H and O–H groups in total. The van der Waals surface area contributed by atoms with Crippen LogP contribution in [0.3, 0.4) is 0 Å². The van der Waals surface area contributed by atoms with Gasteiger partial charge >= 0.3 is 0 Å². The van der Waals surface area contributed by atoms with E-state index in [9.17, 15) is 9.59 Å². The van der Waals surface area contributed by atoms with Crippen LogP contribution >= 0.6 is 24.2 Å². The first-order valence-electron chi connectivity index (χ1n) is 7.98. The number of hydrogen-bond donors (Lipinski definition) is 1. The van der Waals surface area contributed by atoms with Gasteiger partial charge in [-0.25, -0.2) is 0 Å². The van der Waals surface area contributed by atoms with Gasteiger partial charge < -0.3 is 15.1 Å². The Kier molecular flexibility index (Phi) is 8.57. The largest absolute Gasteiger partial charge is 0.341 e. The maximum atomic E-state index is 12.7. The van der Waals surface area contributed by atoms with Gasteiger partial charge in [-0.2, -0.15) is 0 Å². The summed E-state index contributed by atoms with van der Waals surface area (Å²) in [5, 5.41) is 3.21. The number of likely N-dealkylation sites (tertiary alicyclic amines) is 1. The van der Waals surface area contributed by atoms with Crippen molar-refractivity contribution in [3.05, 3.63) is 0 Å². The van der Waals surface area contributed by atoms with Crippen LogP contribution in [0.2, 0.25) is 0 Å². The molecule has 0 spiro atoms. The predicted molar refractivity (Wildman–Crippen MR) is 93.3 cm³/mol. The van der Waals surface area contributed by atoms with E-state index in [0.29, 0.717) is 18.2 Å². The summed E-state index contributed by atoms with van der Waals surface area (Å²) in [6.07, 6.45) is 3.52. The zero-order chi connectivity index (χ0) is 15.2. The first-order valence-corrected chi connectivity index (χ1v) is 9.13. The van der Waals surface area contributed by atoms with Crippen LogP contribution in [0, 0.1) is 5.92 Å². The first kappa shape index (κ1) is 19.6. The van der Waals surface area contributed by atoms with Crippen LogP contribution in [0.4, 0.5) is 0 Å². The smallest absolute Gasteiger partial charge is 0.246 e. The molecule has 2 aliphatic rings. The zero-order valence-electron chi connectivity index (χ0n) is 13.5. The molecule has 2 amide bonds. The topological polar surface area (TPSA) is 52.7 Å². The molecule has 7 heteroatoms. The second-order valence-electron chi connectivity index (χ2n) is 5.96. The number of thioether (sulfide) groups is 1. The lowest BCUT2D eigenvalue weighted by atomic mass is 9.96. The molecule has 0 aliphatic carbocycles. The number of halogens is 1. The first-order chi connectivity index (χ1) is 10.2. The van der Waals surface area contributed by atoms with E-state index in [1.807, 2.05) is 18.9 Å². The lowest BCUT2D eigenvalue weighted by Crippen LogP contribution is -2.51. The Labute approximate surface area is 144 Å². The predicted octanol–water partition coefficient (Wildman–Crippen LogP) is 1.57. The molecule has 2 heterocycles. The van der Waals surface area contributed by atoms with Gasteiger partial charge in [0.2, 0.25) is 11.8 Å². The summed E-state index contributed by atoms with van der Waals surface area (Å²) in [6, 6.07) is -0.227. The fourth-order valence-electron chi connectivity index (χ4n) is 3.11. The Hall–Kier alpha value is -0.460. The number of carbonyl (C=O) groups is 2. The number of amides is 2. The zero-order valence-corrected chi connectivity index (χ0v) is 15.2. The molecular formula is C15H28ClN3O2S. The standard InChI is InChI=1S/C15H27N3O2S.ClH/c1-3-4-14(19)18-11-21-10-13(18)15(20)17-7-5-12(6-8-17)9-16-2;/h12-13,16H,3-11H2,1-2H3;1H. The van der Waals surface area contributed by atoms with Gasteiger partial charge in [-0.15, -0.1) is 24.2 Å². The third kappa shape index (κ3) is 4.77. The monoisotopic (exact) mass is 349 g/mol. The van der Waals surface area contributed by atoms with Gasteiger partial charge in [0.05, 0.1) is 5.88 Å². The van der Waals surface area contributed by atoms with Gasteiger partial charge in [0.1, 0.15) is 6.04 Å². The summed E-state index contributed by atoms with van der Waals surface area (Å²) < 4.78 is 0. The molecule has 0 aromatic rings. The molecule has 0 saturated carbocycles. The summed E-state index contributed by atoms with van der Waals surface area (Å²) in [6.45, 7) is 4.71. The van der Waals surface area contributed by atoms with Crippen molar-refractivity contribution in [1.29, 1.82) is 0 Å². The molecule has 0 aromatic carbocycles. The maximum Gasteiger partial charge on any atom is 0.246 e. The molecule has 1 atom stereocenters. The van der Waals surface area contributed by atoms with Crippen molar-refractivity contribution in [3.63, 3.8) is 0 Å². The van der Waals surface area contributed by atoms with Gasteiger partial charge in [0, 0.05) is 25.3 Å². The summed E-state index contributed by atoms with van der Waals surface area (Å²) >= 11 is 1.69. The number of nitrogens with zero attached hydrogens (tertiary/aromatic N) is 2. The number of piperidine rings is 1. The third-order valence-electron chi connectivity index (χ3n) is 4.37. The summed E-state index contributed by atoms with van der Waals surface area (Å²) in [5.74, 6) is 2.39. The van der Waals surface area contributed by atoms with E-state index in [-0.39, 0.29) is 30.3 Å². The van der Waals surface area contributed by atoms with Crippen LogP contribution < -0.4 is 5.32 Å². The van der Waals surface area contributed by atoms with E-state index in [2.05, 4.69) is 5.32 Å². The fraction of sp³-hybridized carbons (Fsp3) is 0.867. The van der Waals surface area contributed by atoms with Gasteiger partial charge in [-0.05, 0) is 38.8 Å². The molecule has 1 unspecified atom stereocenters. The number of hydrogen-bond acceptors (Lipinski definition) is 4. The molecule has 0 bridgehead atoms. The Morgan fingerprint density at radius 3 is 2.55 bits per heavy atom. The quantitative estimate of drug-likeness (QED) is 0.818. The molecule has 0 radical (unpaired) electrons. The van der Waals surface area contributed by atoms with Crippen LogP contribution in [0.5, 0.6) is 0 Å². The molecule has 0 aromatic heterocycles. The van der Waals surface area contributed by atoms with E-state index in [0.717, 1.165) is 44.6 Å². The lowest BCUT2D eigenvalue weighted by Gasteiger charge is -2.35. The molecule has 2 saturated heterocycles. The van der Waals surface area contributed by atoms with E-state index in [4.69, 9.17) is 0 Å². The Balaban J connectivity index is 0.00000242. The Morgan fingerprint density at radius 2 is 1.95 bits per heavy atom. The van der Waals surface area contributed by atoms with E-state index in [1.165, 1.54) is 0 Å². The van der Waals surface area contributed by atoms with Crippen molar-refractivity contribution in [2.75, 3.05) is 38.3 Å². The van der Waals surface area contributed by atoms with Crippen molar-refractivity contribution in [1.82, 2.24) is 15.1 Å². The van der Waals surface area contributed by atoms with Crippen LogP contribution in [-0.2, 0) is 9.59 Å². The van der Waals surface area contributed by atoms with Gasteiger partial charge in [-0.1, -0.05) is 6.92 Å². The van der Waals surface area contributed by atoms with Gasteiger partial charge in [0.15, 0.2) is 0 Å². The van der Waals surface area contributed by atoms with Crippen LogP contribution in [0.15, 0.2) is 0 Å². The van der Waals surface area contributed by atoms with Gasteiger partial charge in [0.25, 0.3) is 0 Å². The van der Waals surface area contributed by atoms with Crippen molar-refractivity contribution < 1.29 is 9.59 Å². The highest BCUT2D eigenvalue weighted by Crippen LogP contribution is 2.25. The molecule has 2 rings (SSSR count). The third-order valence-corrected chi connectivity index (χ3v) is 5.38. The van der Waals surface area contributed by atoms with Crippen molar-refractivity contribution in [2.24, 2.45) is 5.92 Å². The minimum atomic E-state index is -0.227. The number of nitrogens with one attached hydrogen (secondary N) is 1. The highest BCUT2D eigenvalue weighted by atomic mass is 35.5. The van der Waals surface area contributed by atoms with E-state index in [1.54, 1.807) is 16.7 Å². The number of carbonyl (C=O) groups excluding carboxylic acids is 2. The molecule has 22 heavy (non-hydrogen) atoms. The van der Waals surface area contributed by atoms with Crippen molar-refractivity contribution in [2.45, 2.75) is 38.6 Å². The minimum Gasteiger partial charge on any atom is -0.341 e. The van der Waals surface area contributed by atoms with E-state index >= 15 is 0 Å². The molecule has 2 aliphatic heterocycles. The Morgan fingerprint density at radius 1 is 1.27 bits per heavy atom. The van der Waals surface area contributed by atoms with E-state index < -0.39 is 0 Å². The maximum absolute atomic E-state index is 12.7. The summed E-state index contributed by atoms with van der Waals surface area (Å²) in [7, 11) is 1.98. The summed E-state index contributed by atoms with van der Waals surface area (Å²) in [5.41, 5.74) is 0. The lowest BCUT2D eigenvalue weighted by molar-refractivity contribution is -0.144. The van der Waals surface area contributed by atoms with Crippen molar-refractivity contribution >= 4 is 36.0 Å². The molecule has 5 nitrogen and oxygen atoms in total. The van der Waals surface area contributed by atoms with Crippen LogP contribution in [0.25, 0.3) is 0 Å². The highest BCUT2D eigenvalue weighted by Gasteiger charge is 2.37. The average molecular weight is 350 g/mol. The average Bonchev–Trinajstić information content (AvgIpc) is 2.97. The van der Waals surface area contributed by atoms with Crippen LogP contribution in [0.1, 0.15) is 32.6 Å². The highest BCUT2D eigenvalue weighted by molar-refractivity contribution is 7.99. The fourth-order valence-corrected chi connectivity index (χ4v) is 4.28. The minimum absolute atomic E-state index is 0. The van der Waals surface area contributed by atoms with Gasteiger partial charge in [-0.3, -0.25) is 9.59 Å². The normalized spacial score (nSPS) is 22.5. The number of rotatable bonds is 5. The molecular weight excluding hydrogens is 322 g/mol. The SMILES string of the molecule is CCCC(=O)N1CSCC1C(=O)N1CCC(CNC)CC1.Cl. The van der Waals surface area contributed by atoms with Crippen molar-refractivity contribution in [3.8, 4) is 0 Å². The molecule has 2 fully saturated rings. The second-order valence-corrected chi connectivity index (χ2v) is 6.96. The second kappa shape index (κ2) is 9.63. The molecule has 128 valence electrons.